The lowest BCUT2D eigenvalue weighted by Crippen LogP contribution is -2.33. The molecule has 0 aliphatic carbocycles. The van der Waals surface area contributed by atoms with Crippen LogP contribution in [0.4, 0.5) is 0 Å². The first-order chi connectivity index (χ1) is 23.7. The van der Waals surface area contributed by atoms with Crippen LogP contribution in [0.1, 0.15) is 141 Å². The van der Waals surface area contributed by atoms with Crippen molar-refractivity contribution in [2.75, 3.05) is 32.7 Å². The molecule has 0 spiro atoms. The van der Waals surface area contributed by atoms with Crippen molar-refractivity contribution in [2.45, 2.75) is 121 Å². The van der Waals surface area contributed by atoms with Gasteiger partial charge in [-0.2, -0.15) is 0 Å². The summed E-state index contributed by atoms with van der Waals surface area (Å²) in [6.45, 7) is 23.4. The van der Waals surface area contributed by atoms with E-state index in [4.69, 9.17) is 14.9 Å². The molecule has 1 saturated heterocycles. The van der Waals surface area contributed by atoms with Gasteiger partial charge in [0.1, 0.15) is 12.0 Å². The van der Waals surface area contributed by atoms with Gasteiger partial charge in [-0.1, -0.05) is 60.1 Å². The molecule has 50 heavy (non-hydrogen) atoms. The van der Waals surface area contributed by atoms with Gasteiger partial charge in [0.15, 0.2) is 10.0 Å². The first-order valence-electron chi connectivity index (χ1n) is 17.6. The minimum atomic E-state index is -0.152. The lowest BCUT2D eigenvalue weighted by Gasteiger charge is -2.26. The van der Waals surface area contributed by atoms with Crippen LogP contribution in [0.2, 0.25) is 0 Å². The number of hydrogen-bond acceptors (Lipinski definition) is 10. The molecular formula is C38H74N6O4S2. The van der Waals surface area contributed by atoms with Crippen molar-refractivity contribution in [3.63, 3.8) is 0 Å². The fourth-order valence-corrected chi connectivity index (χ4v) is 5.11. The largest absolute Gasteiger partial charge is 0.467 e. The van der Waals surface area contributed by atoms with Crippen molar-refractivity contribution in [3.8, 4) is 0 Å². The maximum Gasteiger partial charge on any atom is 0.280 e. The second kappa shape index (κ2) is 35.6. The van der Waals surface area contributed by atoms with Gasteiger partial charge in [0, 0.05) is 33.0 Å². The van der Waals surface area contributed by atoms with Crippen LogP contribution >= 0.6 is 22.7 Å². The normalized spacial score (nSPS) is 11.8. The molecule has 0 atom stereocenters. The monoisotopic (exact) mass is 743 g/mol. The smallest absolute Gasteiger partial charge is 0.280 e. The number of allylic oxidation sites excluding steroid dienone is 2. The van der Waals surface area contributed by atoms with E-state index >= 15 is 0 Å². The number of piperidine rings is 1. The van der Waals surface area contributed by atoms with E-state index in [0.29, 0.717) is 16.6 Å². The van der Waals surface area contributed by atoms with Crippen molar-refractivity contribution in [2.24, 2.45) is 5.73 Å². The minimum absolute atomic E-state index is 0. The molecule has 10 nitrogen and oxygen atoms in total. The predicted octanol–water partition coefficient (Wildman–Crippen LogP) is 9.61. The molecule has 3 aromatic rings. The van der Waals surface area contributed by atoms with Gasteiger partial charge in [0.05, 0.1) is 12.8 Å². The van der Waals surface area contributed by atoms with E-state index in [0.717, 1.165) is 60.7 Å². The number of furan rings is 1. The van der Waals surface area contributed by atoms with E-state index in [1.54, 1.807) is 24.7 Å². The summed E-state index contributed by atoms with van der Waals surface area (Å²) in [5.41, 5.74) is 6.50. The number of thiazole rings is 2. The Morgan fingerprint density at radius 2 is 1.60 bits per heavy atom. The van der Waals surface area contributed by atoms with Crippen molar-refractivity contribution < 1.29 is 23.1 Å². The van der Waals surface area contributed by atoms with Crippen LogP contribution in [0.15, 0.2) is 46.9 Å². The lowest BCUT2D eigenvalue weighted by molar-refractivity contribution is -0.106. The maximum atomic E-state index is 11.7. The highest BCUT2D eigenvalue weighted by Crippen LogP contribution is 2.13. The Balaban J connectivity index is -0.000000144. The fraction of sp³-hybridized carbons (Fsp3) is 0.605. The number of nitrogens with zero attached hydrogens (tertiary/aromatic N) is 3. The summed E-state index contributed by atoms with van der Waals surface area (Å²) in [5.74, 6) is 0.550. The van der Waals surface area contributed by atoms with Crippen molar-refractivity contribution in [1.82, 2.24) is 25.5 Å². The van der Waals surface area contributed by atoms with E-state index in [-0.39, 0.29) is 23.5 Å². The zero-order chi connectivity index (χ0) is 37.3. The van der Waals surface area contributed by atoms with Crippen LogP contribution in [-0.4, -0.2) is 65.7 Å². The number of likely N-dealkylation sites (tertiary alicyclic amines) is 1. The number of aldehydes is 1. The molecular weight excluding hydrogens is 669 g/mol. The number of carbonyl (C=O) groups excluding carboxylic acids is 3. The van der Waals surface area contributed by atoms with Crippen molar-refractivity contribution in [1.29, 1.82) is 0 Å². The summed E-state index contributed by atoms with van der Waals surface area (Å²) in [7, 11) is 0. The topological polar surface area (TPSA) is 143 Å². The Hall–Kier alpha value is -3.19. The van der Waals surface area contributed by atoms with Crippen molar-refractivity contribution >= 4 is 40.8 Å². The number of nitrogens with one attached hydrogen (secondary N) is 2. The molecule has 0 unspecified atom stereocenters. The summed E-state index contributed by atoms with van der Waals surface area (Å²) in [6.07, 6.45) is 16.2. The third kappa shape index (κ3) is 26.6. The van der Waals surface area contributed by atoms with Gasteiger partial charge in [-0.15, -0.1) is 22.7 Å². The molecule has 0 radical (unpaired) electrons. The van der Waals surface area contributed by atoms with Crippen LogP contribution in [0.3, 0.4) is 0 Å². The molecule has 0 aromatic carbocycles. The highest BCUT2D eigenvalue weighted by molar-refractivity contribution is 7.13. The van der Waals surface area contributed by atoms with E-state index in [1.807, 2.05) is 33.8 Å². The Morgan fingerprint density at radius 1 is 1.02 bits per heavy atom. The first kappa shape index (κ1) is 51.2. The first-order valence-corrected chi connectivity index (χ1v) is 19.2. The second-order valence-corrected chi connectivity index (χ2v) is 12.9. The standard InChI is InChI=1S/C13H21N3OS.C11H12N2O2S.C6H12.C3H9N.C2H4O.C2H6.CH4.3H2/c1-11-10-15-13(18-11)12(17)14-6-5-9-16-7-3-2-4-8-16;1-2-9-7-13-11(16-9)10(14)12-6-8-4-3-5-15-8;1-4-6(3)5-2;1-2-3-4;1-2-3;1-2;;;;/h10H,2-9H2,1H3,(H,14,17);3-5,7H,2,6H2,1H3,(H,12,14);4H,5H2,1-3H3;2-4H2,1H3;2H,1H3;1-2H3;1H4;3*1H/b;;6-4+;;;;;;;. The highest BCUT2D eigenvalue weighted by atomic mass is 32.1. The average Bonchev–Trinajstić information content (AvgIpc) is 3.94. The molecule has 0 bridgehead atoms. The third-order valence-corrected chi connectivity index (χ3v) is 8.69. The molecule has 4 N–H and O–H groups in total. The molecule has 292 valence electrons. The van der Waals surface area contributed by atoms with Gasteiger partial charge in [-0.05, 0) is 105 Å². The van der Waals surface area contributed by atoms with Crippen LogP contribution in [-0.2, 0) is 17.8 Å². The summed E-state index contributed by atoms with van der Waals surface area (Å²) < 4.78 is 5.11. The summed E-state index contributed by atoms with van der Waals surface area (Å²) in [5, 5.41) is 6.77. The minimum Gasteiger partial charge on any atom is -0.467 e. The Kier molecular flexibility index (Phi) is 36.5. The molecule has 12 heteroatoms. The van der Waals surface area contributed by atoms with Crippen LogP contribution < -0.4 is 16.4 Å². The fourth-order valence-electron chi connectivity index (χ4n) is 3.66. The summed E-state index contributed by atoms with van der Waals surface area (Å²) in [6, 6.07) is 3.61. The Bertz CT molecular complexity index is 1250. The number of carbonyl (C=O) groups is 3. The lowest BCUT2D eigenvalue weighted by atomic mass is 10.1. The van der Waals surface area contributed by atoms with Gasteiger partial charge in [-0.25, -0.2) is 9.97 Å². The number of amides is 2. The average molecular weight is 743 g/mol. The predicted molar refractivity (Wildman–Crippen MR) is 221 cm³/mol. The molecule has 1 aliphatic heterocycles. The Labute approximate surface area is 316 Å². The highest BCUT2D eigenvalue weighted by Gasteiger charge is 2.12. The number of aryl methyl sites for hydroxylation is 2. The van der Waals surface area contributed by atoms with Gasteiger partial charge in [0.25, 0.3) is 11.8 Å². The second-order valence-electron chi connectivity index (χ2n) is 10.5. The molecule has 3 aromatic heterocycles. The van der Waals surface area contributed by atoms with Gasteiger partial charge in [0.2, 0.25) is 0 Å². The van der Waals surface area contributed by atoms with Crippen LogP contribution in [0.25, 0.3) is 0 Å². The van der Waals surface area contributed by atoms with Gasteiger partial charge in [-0.3, -0.25) is 9.59 Å². The molecule has 1 aliphatic rings. The molecule has 0 saturated carbocycles. The van der Waals surface area contributed by atoms with Crippen LogP contribution in [0.5, 0.6) is 0 Å². The number of rotatable bonds is 11. The Morgan fingerprint density at radius 3 is 2.04 bits per heavy atom. The van der Waals surface area contributed by atoms with Gasteiger partial charge < -0.3 is 30.5 Å². The molecule has 4 heterocycles. The zero-order valence-electron chi connectivity index (χ0n) is 31.6. The summed E-state index contributed by atoms with van der Waals surface area (Å²) >= 11 is 2.87. The van der Waals surface area contributed by atoms with Crippen molar-refractivity contribution in [3.05, 3.63) is 68.0 Å². The molecule has 4 rings (SSSR count). The van der Waals surface area contributed by atoms with E-state index in [9.17, 15) is 9.59 Å². The number of hydrogen-bond donors (Lipinski definition) is 3. The maximum absolute atomic E-state index is 11.7. The van der Waals surface area contributed by atoms with E-state index < -0.39 is 0 Å². The zero-order valence-corrected chi connectivity index (χ0v) is 33.2. The summed E-state index contributed by atoms with van der Waals surface area (Å²) in [4.78, 5) is 45.0. The molecule has 1 fully saturated rings. The third-order valence-electron chi connectivity index (χ3n) is 6.64. The number of nitrogens with two attached hydrogens (primary N) is 1. The van der Waals surface area contributed by atoms with Crippen LogP contribution in [0, 0.1) is 6.92 Å². The van der Waals surface area contributed by atoms with E-state index in [1.165, 1.54) is 73.9 Å². The van der Waals surface area contributed by atoms with E-state index in [2.05, 4.69) is 59.3 Å². The molecule has 2 amide bonds. The van der Waals surface area contributed by atoms with Gasteiger partial charge >= 0.3 is 0 Å². The SMILES string of the molecule is C.C/C=C(\C)CC.CC.CC=O.CCCN.CCc1cnc(C(=O)NCc2ccco2)s1.Cc1cnc(C(=O)NCCCN2CCCCC2)s1.[HH].[HH].[HH]. The quantitative estimate of drug-likeness (QED) is 0.100. The number of aromatic nitrogens is 2.